The summed E-state index contributed by atoms with van der Waals surface area (Å²) >= 11 is 0. The van der Waals surface area contributed by atoms with E-state index in [-0.39, 0.29) is 6.04 Å². The molecule has 0 heterocycles. The summed E-state index contributed by atoms with van der Waals surface area (Å²) in [5, 5.41) is 12.8. The van der Waals surface area contributed by atoms with Crippen molar-refractivity contribution in [2.45, 2.75) is 24.5 Å². The number of rotatable bonds is 2. The van der Waals surface area contributed by atoms with E-state index in [1.807, 2.05) is 49.4 Å². The summed E-state index contributed by atoms with van der Waals surface area (Å²) in [5.41, 5.74) is 6.85. The van der Waals surface area contributed by atoms with E-state index in [9.17, 15) is 5.11 Å². The summed E-state index contributed by atoms with van der Waals surface area (Å²) in [6.45, 7) is 1.81. The quantitative estimate of drug-likeness (QED) is 0.877. The van der Waals surface area contributed by atoms with Crippen LogP contribution in [0.2, 0.25) is 0 Å². The number of nitrogens with two attached hydrogens (primary N) is 1. The van der Waals surface area contributed by atoms with Gasteiger partial charge in [-0.1, -0.05) is 66.8 Å². The van der Waals surface area contributed by atoms with Crippen LogP contribution in [0.4, 0.5) is 0 Å². The highest BCUT2D eigenvalue weighted by Gasteiger charge is 2.41. The lowest BCUT2D eigenvalue weighted by Crippen LogP contribution is -2.51. The maximum Gasteiger partial charge on any atom is 0.0661 e. The van der Waals surface area contributed by atoms with E-state index in [4.69, 9.17) is 5.73 Å². The van der Waals surface area contributed by atoms with E-state index >= 15 is 0 Å². The van der Waals surface area contributed by atoms with Crippen molar-refractivity contribution in [1.29, 1.82) is 0 Å². The first-order valence-corrected chi connectivity index (χ1v) is 6.94. The highest BCUT2D eigenvalue weighted by atomic mass is 16.3. The molecule has 2 nitrogen and oxygen atoms in total. The molecule has 0 aliphatic heterocycles. The van der Waals surface area contributed by atoms with Gasteiger partial charge in [0.2, 0.25) is 0 Å². The zero-order valence-corrected chi connectivity index (χ0v) is 11.5. The molecule has 1 aliphatic rings. The van der Waals surface area contributed by atoms with Crippen molar-refractivity contribution in [2.75, 3.05) is 0 Å². The summed E-state index contributed by atoms with van der Waals surface area (Å²) in [6, 6.07) is 14.2. The number of aliphatic hydroxyl groups excluding tert-OH is 1. The van der Waals surface area contributed by atoms with Gasteiger partial charge < -0.3 is 10.8 Å². The van der Waals surface area contributed by atoms with Gasteiger partial charge in [-0.2, -0.15) is 0 Å². The Hall–Kier alpha value is -1.90. The molecule has 0 amide bonds. The molecule has 3 rings (SSSR count). The van der Waals surface area contributed by atoms with E-state index in [0.29, 0.717) is 0 Å². The smallest absolute Gasteiger partial charge is 0.0661 e. The van der Waals surface area contributed by atoms with Crippen LogP contribution in [0.15, 0.2) is 66.8 Å². The average molecular weight is 265 g/mol. The lowest BCUT2D eigenvalue weighted by atomic mass is 9.67. The zero-order valence-electron chi connectivity index (χ0n) is 11.5. The molecule has 0 aromatic heterocycles. The Labute approximate surface area is 119 Å². The molecular formula is C18H19NO. The molecule has 0 bridgehead atoms. The van der Waals surface area contributed by atoms with E-state index in [1.165, 1.54) is 5.39 Å². The molecule has 2 aromatic carbocycles. The molecule has 20 heavy (non-hydrogen) atoms. The third-order valence-corrected chi connectivity index (χ3v) is 4.30. The Morgan fingerprint density at radius 3 is 2.60 bits per heavy atom. The van der Waals surface area contributed by atoms with Gasteiger partial charge in [-0.05, 0) is 23.3 Å². The first-order valence-electron chi connectivity index (χ1n) is 6.94. The molecule has 0 saturated heterocycles. The van der Waals surface area contributed by atoms with Gasteiger partial charge in [-0.3, -0.25) is 0 Å². The summed E-state index contributed by atoms with van der Waals surface area (Å²) in [4.78, 5) is 0. The second-order valence-corrected chi connectivity index (χ2v) is 5.41. The fraction of sp³-hybridized carbons (Fsp3) is 0.222. The van der Waals surface area contributed by atoms with E-state index in [0.717, 1.165) is 10.9 Å². The third kappa shape index (κ3) is 1.80. The van der Waals surface area contributed by atoms with Crippen molar-refractivity contribution >= 4 is 10.8 Å². The summed E-state index contributed by atoms with van der Waals surface area (Å²) in [6.07, 6.45) is 7.33. The fourth-order valence-electron chi connectivity index (χ4n) is 3.18. The third-order valence-electron chi connectivity index (χ3n) is 4.30. The number of aliphatic hydroxyl groups is 1. The standard InChI is InChI=1S/C18H19NO/c1-13(20)18(12-5-4-11-17(18)19)16-10-6-8-14-7-2-3-9-15(14)16/h2-13,17,20H,19H2,1H3. The number of benzene rings is 2. The number of hydrogen-bond donors (Lipinski definition) is 2. The van der Waals surface area contributed by atoms with Gasteiger partial charge in [0, 0.05) is 6.04 Å². The lowest BCUT2D eigenvalue weighted by molar-refractivity contribution is 0.116. The minimum atomic E-state index is -0.574. The fourth-order valence-corrected chi connectivity index (χ4v) is 3.18. The normalized spacial score (nSPS) is 26.9. The number of allylic oxidation sites excluding steroid dienone is 2. The lowest BCUT2D eigenvalue weighted by Gasteiger charge is -2.40. The topological polar surface area (TPSA) is 46.2 Å². The van der Waals surface area contributed by atoms with Crippen LogP contribution in [0, 0.1) is 0 Å². The van der Waals surface area contributed by atoms with Crippen molar-refractivity contribution in [2.24, 2.45) is 5.73 Å². The Kier molecular flexibility index (Phi) is 3.20. The Morgan fingerprint density at radius 1 is 1.10 bits per heavy atom. The van der Waals surface area contributed by atoms with Crippen LogP contribution in [0.25, 0.3) is 10.8 Å². The highest BCUT2D eigenvalue weighted by molar-refractivity contribution is 5.87. The largest absolute Gasteiger partial charge is 0.392 e. The molecule has 0 spiro atoms. The highest BCUT2D eigenvalue weighted by Crippen LogP contribution is 2.39. The van der Waals surface area contributed by atoms with Gasteiger partial charge in [0.05, 0.1) is 11.5 Å². The van der Waals surface area contributed by atoms with Crippen LogP contribution in [0.1, 0.15) is 12.5 Å². The molecular weight excluding hydrogens is 246 g/mol. The van der Waals surface area contributed by atoms with Gasteiger partial charge in [-0.15, -0.1) is 0 Å². The van der Waals surface area contributed by atoms with Crippen molar-refractivity contribution in [1.82, 2.24) is 0 Å². The molecule has 3 unspecified atom stereocenters. The van der Waals surface area contributed by atoms with Gasteiger partial charge in [0.25, 0.3) is 0 Å². The van der Waals surface area contributed by atoms with E-state index in [2.05, 4.69) is 24.3 Å². The average Bonchev–Trinajstić information content (AvgIpc) is 2.47. The molecule has 102 valence electrons. The molecule has 1 aliphatic carbocycles. The Balaban J connectivity index is 2.31. The van der Waals surface area contributed by atoms with Crippen LogP contribution < -0.4 is 5.73 Å². The molecule has 2 aromatic rings. The number of hydrogen-bond acceptors (Lipinski definition) is 2. The van der Waals surface area contributed by atoms with Gasteiger partial charge in [0.15, 0.2) is 0 Å². The van der Waals surface area contributed by atoms with Gasteiger partial charge >= 0.3 is 0 Å². The summed E-state index contributed by atoms with van der Waals surface area (Å²) in [5.74, 6) is 0. The Bertz CT molecular complexity index is 681. The van der Waals surface area contributed by atoms with Crippen LogP contribution in [0.5, 0.6) is 0 Å². The summed E-state index contributed by atoms with van der Waals surface area (Å²) in [7, 11) is 0. The van der Waals surface area contributed by atoms with E-state index in [1.54, 1.807) is 0 Å². The van der Waals surface area contributed by atoms with Crippen LogP contribution in [-0.2, 0) is 5.41 Å². The monoisotopic (exact) mass is 265 g/mol. The maximum atomic E-state index is 10.4. The van der Waals surface area contributed by atoms with Crippen molar-refractivity contribution < 1.29 is 5.11 Å². The van der Waals surface area contributed by atoms with Crippen LogP contribution in [0.3, 0.4) is 0 Å². The van der Waals surface area contributed by atoms with Crippen molar-refractivity contribution in [3.63, 3.8) is 0 Å². The first-order chi connectivity index (χ1) is 9.66. The summed E-state index contributed by atoms with van der Waals surface area (Å²) < 4.78 is 0. The predicted octanol–water partition coefficient (Wildman–Crippen LogP) is 2.91. The SMILES string of the molecule is CC(O)C1(c2cccc3ccccc23)C=CC=CC1N. The molecule has 0 saturated carbocycles. The maximum absolute atomic E-state index is 10.4. The minimum absolute atomic E-state index is 0.238. The van der Waals surface area contributed by atoms with Gasteiger partial charge in [0.1, 0.15) is 0 Å². The second-order valence-electron chi connectivity index (χ2n) is 5.41. The predicted molar refractivity (Wildman–Crippen MR) is 83.6 cm³/mol. The van der Waals surface area contributed by atoms with Crippen molar-refractivity contribution in [3.05, 3.63) is 72.3 Å². The second kappa shape index (κ2) is 4.89. The van der Waals surface area contributed by atoms with Gasteiger partial charge in [-0.25, -0.2) is 0 Å². The minimum Gasteiger partial charge on any atom is -0.392 e. The molecule has 2 heteroatoms. The van der Waals surface area contributed by atoms with Crippen LogP contribution in [-0.4, -0.2) is 17.3 Å². The molecule has 3 atom stereocenters. The van der Waals surface area contributed by atoms with E-state index < -0.39 is 11.5 Å². The molecule has 0 radical (unpaired) electrons. The number of fused-ring (bicyclic) bond motifs is 1. The first kappa shape index (κ1) is 13.1. The molecule has 0 fully saturated rings. The van der Waals surface area contributed by atoms with Crippen molar-refractivity contribution in [3.8, 4) is 0 Å². The molecule has 3 N–H and O–H groups in total. The Morgan fingerprint density at radius 2 is 1.85 bits per heavy atom. The zero-order chi connectivity index (χ0) is 14.2. The van der Waals surface area contributed by atoms with Crippen LogP contribution >= 0.6 is 0 Å².